The molecule has 0 radical (unpaired) electrons. The zero-order chi connectivity index (χ0) is 31.5. The molecular formula is C39H70O4. The van der Waals surface area contributed by atoms with Gasteiger partial charge in [-0.25, -0.2) is 0 Å². The Morgan fingerprint density at radius 2 is 0.953 bits per heavy atom. The number of ether oxygens (including phenoxy) is 1. The van der Waals surface area contributed by atoms with E-state index in [1.165, 1.54) is 83.5 Å². The molecule has 0 heterocycles. The first-order chi connectivity index (χ1) is 21.1. The number of hydrogen-bond acceptors (Lipinski definition) is 3. The van der Waals surface area contributed by atoms with Crippen LogP contribution in [0.2, 0.25) is 0 Å². The van der Waals surface area contributed by atoms with Crippen molar-refractivity contribution in [2.75, 3.05) is 0 Å². The zero-order valence-electron chi connectivity index (χ0n) is 28.5. The molecule has 0 saturated carbocycles. The molecule has 1 atom stereocenters. The minimum Gasteiger partial charge on any atom is -0.481 e. The first kappa shape index (κ1) is 41.2. The average Bonchev–Trinajstić information content (AvgIpc) is 2.99. The number of carboxylic acids is 1. The van der Waals surface area contributed by atoms with E-state index in [2.05, 4.69) is 50.3 Å². The molecule has 4 heteroatoms. The third-order valence-electron chi connectivity index (χ3n) is 8.08. The van der Waals surface area contributed by atoms with Crippen LogP contribution in [0.25, 0.3) is 0 Å². The van der Waals surface area contributed by atoms with Gasteiger partial charge in [0.05, 0.1) is 0 Å². The van der Waals surface area contributed by atoms with Gasteiger partial charge < -0.3 is 9.84 Å². The second-order valence-electron chi connectivity index (χ2n) is 12.4. The molecule has 0 rings (SSSR count). The van der Waals surface area contributed by atoms with Gasteiger partial charge >= 0.3 is 11.9 Å². The van der Waals surface area contributed by atoms with Gasteiger partial charge in [-0.2, -0.15) is 0 Å². The van der Waals surface area contributed by atoms with Crippen molar-refractivity contribution in [3.8, 4) is 0 Å². The minimum atomic E-state index is -0.707. The molecule has 0 fully saturated rings. The molecule has 0 spiro atoms. The predicted octanol–water partition coefficient (Wildman–Crippen LogP) is 12.6. The number of hydrogen-bond donors (Lipinski definition) is 1. The van der Waals surface area contributed by atoms with Gasteiger partial charge in [0.25, 0.3) is 0 Å². The Morgan fingerprint density at radius 1 is 0.512 bits per heavy atom. The third-order valence-corrected chi connectivity index (χ3v) is 8.08. The Morgan fingerprint density at radius 3 is 1.56 bits per heavy atom. The van der Waals surface area contributed by atoms with Crippen molar-refractivity contribution in [3.63, 3.8) is 0 Å². The molecule has 0 aliphatic carbocycles. The van der Waals surface area contributed by atoms with Crippen LogP contribution in [0.4, 0.5) is 0 Å². The molecule has 0 aliphatic heterocycles. The number of carbonyl (C=O) groups excluding carboxylic acids is 1. The first-order valence-corrected chi connectivity index (χ1v) is 18.5. The van der Waals surface area contributed by atoms with E-state index in [0.29, 0.717) is 6.42 Å². The lowest BCUT2D eigenvalue weighted by Gasteiger charge is -2.18. The Labute approximate surface area is 267 Å². The van der Waals surface area contributed by atoms with Crippen LogP contribution in [0.5, 0.6) is 0 Å². The lowest BCUT2D eigenvalue weighted by Crippen LogP contribution is -2.18. The molecule has 1 unspecified atom stereocenters. The number of carboxylic acid groups (broad SMARTS) is 1. The molecule has 0 aromatic heterocycles. The van der Waals surface area contributed by atoms with Crippen LogP contribution in [0.1, 0.15) is 194 Å². The Kier molecular flexibility index (Phi) is 33.2. The highest BCUT2D eigenvalue weighted by Crippen LogP contribution is 2.17. The zero-order valence-corrected chi connectivity index (χ0v) is 28.5. The number of rotatable bonds is 33. The van der Waals surface area contributed by atoms with E-state index in [4.69, 9.17) is 9.84 Å². The summed E-state index contributed by atoms with van der Waals surface area (Å²) in [6.45, 7) is 4.49. The van der Waals surface area contributed by atoms with E-state index in [9.17, 15) is 9.59 Å². The monoisotopic (exact) mass is 603 g/mol. The molecule has 250 valence electrons. The Balaban J connectivity index is 4.12. The van der Waals surface area contributed by atoms with Crippen molar-refractivity contribution in [1.82, 2.24) is 0 Å². The summed E-state index contributed by atoms with van der Waals surface area (Å²) in [5.74, 6) is -0.734. The van der Waals surface area contributed by atoms with Crippen LogP contribution in [0, 0.1) is 0 Å². The molecule has 0 aromatic carbocycles. The largest absolute Gasteiger partial charge is 0.481 e. The molecule has 1 N–H and O–H groups in total. The number of unbranched alkanes of at least 4 members (excludes halogenated alkanes) is 18. The van der Waals surface area contributed by atoms with Gasteiger partial charge in [0.1, 0.15) is 6.10 Å². The van der Waals surface area contributed by atoms with E-state index in [1.807, 2.05) is 0 Å². The number of allylic oxidation sites excluding steroid dienone is 6. The van der Waals surface area contributed by atoms with Gasteiger partial charge in [-0.15, -0.1) is 0 Å². The average molecular weight is 603 g/mol. The summed E-state index contributed by atoms with van der Waals surface area (Å²) in [6, 6.07) is 0. The van der Waals surface area contributed by atoms with Crippen LogP contribution >= 0.6 is 0 Å². The maximum Gasteiger partial charge on any atom is 0.306 e. The van der Waals surface area contributed by atoms with Crippen molar-refractivity contribution < 1.29 is 19.4 Å². The van der Waals surface area contributed by atoms with Gasteiger partial charge in [0.15, 0.2) is 0 Å². The van der Waals surface area contributed by atoms with Crippen LogP contribution < -0.4 is 0 Å². The predicted molar refractivity (Wildman–Crippen MR) is 186 cm³/mol. The van der Waals surface area contributed by atoms with Crippen molar-refractivity contribution in [3.05, 3.63) is 36.5 Å². The second-order valence-corrected chi connectivity index (χ2v) is 12.4. The molecule has 43 heavy (non-hydrogen) atoms. The smallest absolute Gasteiger partial charge is 0.306 e. The summed E-state index contributed by atoms with van der Waals surface area (Å²) in [5.41, 5.74) is 0. The number of aliphatic carboxylic acids is 1. The highest BCUT2D eigenvalue weighted by atomic mass is 16.5. The maximum absolute atomic E-state index is 12.6. The SMILES string of the molecule is CCCC/C=C\C/C=C\CCCCCCCC(=O)OC(CCC/C=C\CCCCCCCC)CCCCCCCC(=O)O. The molecule has 0 aromatic rings. The molecule has 4 nitrogen and oxygen atoms in total. The van der Waals surface area contributed by atoms with Gasteiger partial charge in [0.2, 0.25) is 0 Å². The van der Waals surface area contributed by atoms with Crippen LogP contribution in [-0.4, -0.2) is 23.1 Å². The summed E-state index contributed by atoms with van der Waals surface area (Å²) >= 11 is 0. The topological polar surface area (TPSA) is 63.6 Å². The third kappa shape index (κ3) is 34.5. The molecule has 0 saturated heterocycles. The van der Waals surface area contributed by atoms with Gasteiger partial charge in [-0.05, 0) is 83.5 Å². The van der Waals surface area contributed by atoms with Gasteiger partial charge in [0, 0.05) is 12.8 Å². The van der Waals surface area contributed by atoms with Crippen LogP contribution in [-0.2, 0) is 14.3 Å². The summed E-state index contributed by atoms with van der Waals surface area (Å²) < 4.78 is 5.96. The lowest BCUT2D eigenvalue weighted by atomic mass is 10.0. The molecule has 0 bridgehead atoms. The van der Waals surface area contributed by atoms with Crippen LogP contribution in [0.3, 0.4) is 0 Å². The number of carbonyl (C=O) groups is 2. The summed E-state index contributed by atoms with van der Waals surface area (Å²) in [5, 5.41) is 8.80. The second kappa shape index (κ2) is 34.6. The van der Waals surface area contributed by atoms with E-state index in [-0.39, 0.29) is 18.5 Å². The summed E-state index contributed by atoms with van der Waals surface area (Å²) in [6.07, 6.45) is 44.4. The van der Waals surface area contributed by atoms with E-state index >= 15 is 0 Å². The fourth-order valence-electron chi connectivity index (χ4n) is 5.32. The summed E-state index contributed by atoms with van der Waals surface area (Å²) in [4.78, 5) is 23.3. The minimum absolute atomic E-state index is 0.0202. The highest BCUT2D eigenvalue weighted by molar-refractivity contribution is 5.69. The normalized spacial score (nSPS) is 12.6. The highest BCUT2D eigenvalue weighted by Gasteiger charge is 2.14. The van der Waals surface area contributed by atoms with Crippen molar-refractivity contribution >= 4 is 11.9 Å². The Bertz CT molecular complexity index is 693. The quantitative estimate of drug-likeness (QED) is 0.0461. The van der Waals surface area contributed by atoms with E-state index in [0.717, 1.165) is 83.5 Å². The van der Waals surface area contributed by atoms with Gasteiger partial charge in [-0.1, -0.05) is 134 Å². The van der Waals surface area contributed by atoms with Crippen LogP contribution in [0.15, 0.2) is 36.5 Å². The Hall–Kier alpha value is -1.84. The number of esters is 1. The van der Waals surface area contributed by atoms with Crippen molar-refractivity contribution in [2.45, 2.75) is 200 Å². The fraction of sp³-hybridized carbons (Fsp3) is 0.795. The lowest BCUT2D eigenvalue weighted by molar-refractivity contribution is -0.150. The van der Waals surface area contributed by atoms with Crippen molar-refractivity contribution in [1.29, 1.82) is 0 Å². The van der Waals surface area contributed by atoms with E-state index in [1.54, 1.807) is 0 Å². The summed E-state index contributed by atoms with van der Waals surface area (Å²) in [7, 11) is 0. The molecule has 0 amide bonds. The van der Waals surface area contributed by atoms with E-state index < -0.39 is 5.97 Å². The maximum atomic E-state index is 12.6. The standard InChI is InChI=1S/C39H70O4/c1-3-5-7-9-11-13-15-16-17-19-21-23-28-32-36-39(42)43-37(34-30-26-24-27-31-35-38(40)41)33-29-25-22-20-18-14-12-10-8-6-4-2/h9,11,15-16,20,22,37H,3-8,10,12-14,17-19,21,23-36H2,1-2H3,(H,40,41)/b11-9-,16-15-,22-20-. The fourth-order valence-corrected chi connectivity index (χ4v) is 5.32. The first-order valence-electron chi connectivity index (χ1n) is 18.5. The molecular weight excluding hydrogens is 532 g/mol. The molecule has 0 aliphatic rings. The van der Waals surface area contributed by atoms with Gasteiger partial charge in [-0.3, -0.25) is 9.59 Å². The van der Waals surface area contributed by atoms with Crippen molar-refractivity contribution in [2.24, 2.45) is 0 Å².